The molecule has 3 amide bonds. The summed E-state index contributed by atoms with van der Waals surface area (Å²) in [5.41, 5.74) is -0.159. The molecule has 4 heterocycles. The van der Waals surface area contributed by atoms with Crippen LogP contribution in [0.15, 0.2) is 41.5 Å². The van der Waals surface area contributed by atoms with E-state index >= 15 is 0 Å². The molecule has 2 fully saturated rings. The fraction of sp³-hybridized carbons (Fsp3) is 0.316. The Kier molecular flexibility index (Phi) is 5.10. The van der Waals surface area contributed by atoms with E-state index in [4.69, 9.17) is 4.74 Å². The molecular weight excluding hydrogens is 396 g/mol. The lowest BCUT2D eigenvalue weighted by atomic mass is 10.2. The highest BCUT2D eigenvalue weighted by Gasteiger charge is 2.40. The fourth-order valence-corrected chi connectivity index (χ4v) is 4.32. The maximum Gasteiger partial charge on any atom is 0.289 e. The second-order valence-corrected chi connectivity index (χ2v) is 7.59. The number of amides is 3. The number of pyridine rings is 2. The summed E-state index contributed by atoms with van der Waals surface area (Å²) in [5, 5.41) is -0.268. The van der Waals surface area contributed by atoms with E-state index in [9.17, 15) is 19.2 Å². The summed E-state index contributed by atoms with van der Waals surface area (Å²) in [5.74, 6) is 0.145. The molecule has 2 aromatic heterocycles. The van der Waals surface area contributed by atoms with E-state index in [1.54, 1.807) is 29.3 Å². The maximum atomic E-state index is 13.2. The van der Waals surface area contributed by atoms with Gasteiger partial charge in [0.2, 0.25) is 5.91 Å². The van der Waals surface area contributed by atoms with Crippen LogP contribution in [0.3, 0.4) is 0 Å². The van der Waals surface area contributed by atoms with E-state index in [0.717, 1.165) is 11.8 Å². The Morgan fingerprint density at radius 1 is 1.28 bits per heavy atom. The second kappa shape index (κ2) is 7.70. The Labute approximate surface area is 170 Å². The standard InChI is InChI=1S/C19H18N4O5S/c1-28-14-8-16(24)22(15-4-2-3-6-20-15)10-13(14)18(26)21-7-5-12(9-21)23-17(25)11-29-19(23)27/h2-4,6,8,10,12H,5,7,9,11H2,1H3. The molecule has 0 N–H and O–H groups in total. The number of thioether (sulfide) groups is 1. The van der Waals surface area contributed by atoms with Gasteiger partial charge in [-0.1, -0.05) is 17.8 Å². The minimum atomic E-state index is -0.373. The predicted molar refractivity (Wildman–Crippen MR) is 105 cm³/mol. The van der Waals surface area contributed by atoms with Crippen LogP contribution in [0, 0.1) is 0 Å². The molecule has 2 aliphatic rings. The van der Waals surface area contributed by atoms with Gasteiger partial charge in [-0.25, -0.2) is 4.98 Å². The van der Waals surface area contributed by atoms with Gasteiger partial charge in [-0.05, 0) is 18.6 Å². The molecule has 2 aromatic rings. The number of ether oxygens (including phenoxy) is 1. The van der Waals surface area contributed by atoms with Crippen molar-refractivity contribution in [2.75, 3.05) is 26.0 Å². The fourth-order valence-electron chi connectivity index (χ4n) is 3.55. The average molecular weight is 414 g/mol. The zero-order valence-electron chi connectivity index (χ0n) is 15.6. The Bertz CT molecular complexity index is 1020. The quantitative estimate of drug-likeness (QED) is 0.740. The number of methoxy groups -OCH3 is 1. The smallest absolute Gasteiger partial charge is 0.289 e. The first-order valence-corrected chi connectivity index (χ1v) is 9.98. The molecule has 0 aromatic carbocycles. The van der Waals surface area contributed by atoms with Gasteiger partial charge in [-0.3, -0.25) is 28.6 Å². The number of imide groups is 1. The van der Waals surface area contributed by atoms with Crippen LogP contribution >= 0.6 is 11.8 Å². The summed E-state index contributed by atoms with van der Waals surface area (Å²) >= 11 is 0.983. The summed E-state index contributed by atoms with van der Waals surface area (Å²) in [6, 6.07) is 6.05. The molecule has 0 spiro atoms. The predicted octanol–water partition coefficient (Wildman–Crippen LogP) is 1.15. The zero-order chi connectivity index (χ0) is 20.5. The number of nitrogens with zero attached hydrogens (tertiary/aromatic N) is 4. The minimum absolute atomic E-state index is 0.145. The topological polar surface area (TPSA) is 102 Å². The normalized spacial score (nSPS) is 19.1. The molecule has 29 heavy (non-hydrogen) atoms. The number of likely N-dealkylation sites (tertiary alicyclic amines) is 1. The van der Waals surface area contributed by atoms with Crippen molar-refractivity contribution < 1.29 is 19.1 Å². The average Bonchev–Trinajstić information content (AvgIpc) is 3.34. The largest absolute Gasteiger partial charge is 0.496 e. The van der Waals surface area contributed by atoms with Crippen molar-refractivity contribution in [3.63, 3.8) is 0 Å². The molecule has 2 aliphatic heterocycles. The molecule has 4 rings (SSSR count). The van der Waals surface area contributed by atoms with Crippen molar-refractivity contribution in [2.45, 2.75) is 12.5 Å². The molecule has 0 aliphatic carbocycles. The van der Waals surface area contributed by atoms with E-state index in [1.165, 1.54) is 28.8 Å². The van der Waals surface area contributed by atoms with E-state index in [2.05, 4.69) is 4.98 Å². The van der Waals surface area contributed by atoms with Gasteiger partial charge in [0.05, 0.1) is 24.5 Å². The Balaban J connectivity index is 1.62. The van der Waals surface area contributed by atoms with Crippen molar-refractivity contribution >= 4 is 28.8 Å². The van der Waals surface area contributed by atoms with Crippen LogP contribution < -0.4 is 10.3 Å². The number of hydrogen-bond acceptors (Lipinski definition) is 7. The molecule has 0 saturated carbocycles. The van der Waals surface area contributed by atoms with Gasteiger partial charge < -0.3 is 9.64 Å². The first-order valence-electron chi connectivity index (χ1n) is 9.00. The van der Waals surface area contributed by atoms with Gasteiger partial charge in [0.15, 0.2) is 0 Å². The highest BCUT2D eigenvalue weighted by molar-refractivity contribution is 8.14. The Morgan fingerprint density at radius 2 is 2.10 bits per heavy atom. The van der Waals surface area contributed by atoms with E-state index < -0.39 is 0 Å². The molecule has 1 unspecified atom stereocenters. The van der Waals surface area contributed by atoms with E-state index in [0.29, 0.717) is 18.8 Å². The SMILES string of the molecule is COc1cc(=O)n(-c2ccccn2)cc1C(=O)N1CCC(N2C(=O)CSC2=O)C1. The lowest BCUT2D eigenvalue weighted by Crippen LogP contribution is -2.41. The lowest BCUT2D eigenvalue weighted by Gasteiger charge is -2.22. The second-order valence-electron chi connectivity index (χ2n) is 6.66. The van der Waals surface area contributed by atoms with Crippen LogP contribution in [0.4, 0.5) is 4.79 Å². The first kappa shape index (κ1) is 19.2. The van der Waals surface area contributed by atoms with Gasteiger partial charge in [0, 0.05) is 31.5 Å². The summed E-state index contributed by atoms with van der Waals surface area (Å²) < 4.78 is 6.54. The van der Waals surface area contributed by atoms with Crippen molar-refractivity contribution in [1.82, 2.24) is 19.4 Å². The number of rotatable bonds is 4. The third kappa shape index (κ3) is 3.51. The Morgan fingerprint density at radius 3 is 2.76 bits per heavy atom. The van der Waals surface area contributed by atoms with Crippen molar-refractivity contribution in [1.29, 1.82) is 0 Å². The number of carbonyl (C=O) groups is 3. The van der Waals surface area contributed by atoms with Crippen molar-refractivity contribution in [3.05, 3.63) is 52.6 Å². The number of aromatic nitrogens is 2. The molecule has 10 heteroatoms. The van der Waals surface area contributed by atoms with E-state index in [1.807, 2.05) is 0 Å². The number of carbonyl (C=O) groups excluding carboxylic acids is 3. The first-order chi connectivity index (χ1) is 14.0. The van der Waals surface area contributed by atoms with Crippen LogP contribution in [0.1, 0.15) is 16.8 Å². The molecular formula is C19H18N4O5S. The minimum Gasteiger partial charge on any atom is -0.496 e. The van der Waals surface area contributed by atoms with Crippen LogP contribution in [-0.4, -0.2) is 68.4 Å². The summed E-state index contributed by atoms with van der Waals surface area (Å²) in [6.07, 6.45) is 3.49. The number of hydrogen-bond donors (Lipinski definition) is 0. The zero-order valence-corrected chi connectivity index (χ0v) is 16.4. The molecule has 2 saturated heterocycles. The van der Waals surface area contributed by atoms with Crippen LogP contribution in [0.25, 0.3) is 5.82 Å². The van der Waals surface area contributed by atoms with Crippen LogP contribution in [0.5, 0.6) is 5.75 Å². The molecule has 9 nitrogen and oxygen atoms in total. The maximum absolute atomic E-state index is 13.2. The molecule has 150 valence electrons. The van der Waals surface area contributed by atoms with Crippen LogP contribution in [0.2, 0.25) is 0 Å². The van der Waals surface area contributed by atoms with Gasteiger partial charge in [-0.15, -0.1) is 0 Å². The Hall–Kier alpha value is -3.14. The molecule has 1 atom stereocenters. The lowest BCUT2D eigenvalue weighted by molar-refractivity contribution is -0.126. The van der Waals surface area contributed by atoms with Gasteiger partial charge in [-0.2, -0.15) is 0 Å². The van der Waals surface area contributed by atoms with Gasteiger partial charge in [0.25, 0.3) is 16.7 Å². The van der Waals surface area contributed by atoms with Crippen LogP contribution in [-0.2, 0) is 4.79 Å². The third-order valence-electron chi connectivity index (χ3n) is 4.96. The highest BCUT2D eigenvalue weighted by atomic mass is 32.2. The summed E-state index contributed by atoms with van der Waals surface area (Å²) in [6.45, 7) is 0.653. The molecule has 0 radical (unpaired) electrons. The summed E-state index contributed by atoms with van der Waals surface area (Å²) in [7, 11) is 1.39. The third-order valence-corrected chi connectivity index (χ3v) is 5.80. The van der Waals surface area contributed by atoms with Crippen molar-refractivity contribution in [3.8, 4) is 11.6 Å². The monoisotopic (exact) mass is 414 g/mol. The highest BCUT2D eigenvalue weighted by Crippen LogP contribution is 2.28. The van der Waals surface area contributed by atoms with Crippen molar-refractivity contribution in [2.24, 2.45) is 0 Å². The molecule has 0 bridgehead atoms. The van der Waals surface area contributed by atoms with Gasteiger partial charge in [0.1, 0.15) is 11.6 Å². The summed E-state index contributed by atoms with van der Waals surface area (Å²) in [4.78, 5) is 56.5. The van der Waals surface area contributed by atoms with Gasteiger partial charge >= 0.3 is 0 Å². The van der Waals surface area contributed by atoms with E-state index in [-0.39, 0.29) is 52.3 Å².